The molecule has 2 rings (SSSR count). The van der Waals surface area contributed by atoms with Crippen LogP contribution in [0, 0.1) is 5.82 Å². The summed E-state index contributed by atoms with van der Waals surface area (Å²) in [5.41, 5.74) is 0.505. The van der Waals surface area contributed by atoms with Crippen molar-refractivity contribution in [1.29, 1.82) is 0 Å². The van der Waals surface area contributed by atoms with Gasteiger partial charge in [0.1, 0.15) is 11.6 Å². The average Bonchev–Trinajstić information content (AvgIpc) is 2.83. The van der Waals surface area contributed by atoms with Crippen LogP contribution in [0.4, 0.5) is 4.39 Å². The van der Waals surface area contributed by atoms with Crippen LogP contribution in [0.2, 0.25) is 5.02 Å². The number of aryl methyl sites for hydroxylation is 1. The third-order valence-electron chi connectivity index (χ3n) is 2.93. The van der Waals surface area contributed by atoms with Crippen molar-refractivity contribution in [2.24, 2.45) is 0 Å². The SMILES string of the molecule is CCn1ccnc1C(NC)c1cccc(Cl)c1F. The molecule has 1 atom stereocenters. The predicted molar refractivity (Wildman–Crippen MR) is 70.2 cm³/mol. The third-order valence-corrected chi connectivity index (χ3v) is 3.22. The Morgan fingerprint density at radius 3 is 2.94 bits per heavy atom. The van der Waals surface area contributed by atoms with E-state index in [1.54, 1.807) is 31.4 Å². The summed E-state index contributed by atoms with van der Waals surface area (Å²) in [4.78, 5) is 4.30. The van der Waals surface area contributed by atoms with Gasteiger partial charge in [-0.1, -0.05) is 23.7 Å². The lowest BCUT2D eigenvalue weighted by Gasteiger charge is -2.18. The number of halogens is 2. The summed E-state index contributed by atoms with van der Waals surface area (Å²) in [6, 6.07) is 4.69. The number of hydrogen-bond donors (Lipinski definition) is 1. The molecule has 0 saturated heterocycles. The zero-order valence-corrected chi connectivity index (χ0v) is 11.1. The van der Waals surface area contributed by atoms with Gasteiger partial charge in [-0.2, -0.15) is 0 Å². The molecule has 96 valence electrons. The number of benzene rings is 1. The van der Waals surface area contributed by atoms with Crippen molar-refractivity contribution in [1.82, 2.24) is 14.9 Å². The zero-order valence-electron chi connectivity index (χ0n) is 10.3. The highest BCUT2D eigenvalue weighted by Crippen LogP contribution is 2.27. The standard InChI is InChI=1S/C13H15ClFN3/c1-3-18-8-7-17-13(18)12(16-2)9-5-4-6-10(14)11(9)15/h4-8,12,16H,3H2,1-2H3. The Morgan fingerprint density at radius 1 is 1.50 bits per heavy atom. The van der Waals surface area contributed by atoms with Crippen LogP contribution in [0.3, 0.4) is 0 Å². The van der Waals surface area contributed by atoms with Gasteiger partial charge in [0, 0.05) is 24.5 Å². The zero-order chi connectivity index (χ0) is 13.1. The van der Waals surface area contributed by atoms with Gasteiger partial charge < -0.3 is 9.88 Å². The molecule has 3 nitrogen and oxygen atoms in total. The molecule has 18 heavy (non-hydrogen) atoms. The largest absolute Gasteiger partial charge is 0.334 e. The van der Waals surface area contributed by atoms with Crippen LogP contribution < -0.4 is 5.32 Å². The predicted octanol–water partition coefficient (Wildman–Crippen LogP) is 3.00. The van der Waals surface area contributed by atoms with Gasteiger partial charge in [-0.15, -0.1) is 0 Å². The molecule has 0 amide bonds. The van der Waals surface area contributed by atoms with E-state index in [9.17, 15) is 4.39 Å². The first-order chi connectivity index (χ1) is 8.69. The Labute approximate surface area is 111 Å². The quantitative estimate of drug-likeness (QED) is 0.923. The van der Waals surface area contributed by atoms with Crippen molar-refractivity contribution in [3.63, 3.8) is 0 Å². The van der Waals surface area contributed by atoms with Crippen molar-refractivity contribution in [3.8, 4) is 0 Å². The lowest BCUT2D eigenvalue weighted by Crippen LogP contribution is -2.23. The van der Waals surface area contributed by atoms with Crippen molar-refractivity contribution in [2.45, 2.75) is 19.5 Å². The molecule has 0 bridgehead atoms. The Morgan fingerprint density at radius 2 is 2.28 bits per heavy atom. The molecular weight excluding hydrogens is 253 g/mol. The minimum absolute atomic E-state index is 0.127. The van der Waals surface area contributed by atoms with Crippen molar-refractivity contribution in [2.75, 3.05) is 7.05 Å². The molecule has 0 spiro atoms. The average molecular weight is 268 g/mol. The summed E-state index contributed by atoms with van der Waals surface area (Å²) in [7, 11) is 1.78. The van der Waals surface area contributed by atoms with Gasteiger partial charge in [-0.25, -0.2) is 9.37 Å². The van der Waals surface area contributed by atoms with Crippen LogP contribution in [0.1, 0.15) is 24.4 Å². The number of hydrogen-bond acceptors (Lipinski definition) is 2. The van der Waals surface area contributed by atoms with E-state index < -0.39 is 5.82 Å². The van der Waals surface area contributed by atoms with E-state index >= 15 is 0 Å². The van der Waals surface area contributed by atoms with Crippen LogP contribution in [-0.4, -0.2) is 16.6 Å². The lowest BCUT2D eigenvalue weighted by molar-refractivity contribution is 0.543. The van der Waals surface area contributed by atoms with Gasteiger partial charge >= 0.3 is 0 Å². The van der Waals surface area contributed by atoms with Crippen LogP contribution in [0.25, 0.3) is 0 Å². The minimum atomic E-state index is -0.399. The van der Waals surface area contributed by atoms with Crippen molar-refractivity contribution < 1.29 is 4.39 Å². The Bertz CT molecular complexity index is 539. The number of nitrogens with one attached hydrogen (secondary N) is 1. The summed E-state index contributed by atoms with van der Waals surface area (Å²) in [6.07, 6.45) is 3.59. The van der Waals surface area contributed by atoms with Gasteiger partial charge in [0.2, 0.25) is 0 Å². The molecule has 1 heterocycles. The molecule has 0 aliphatic rings. The Kier molecular flexibility index (Phi) is 3.99. The normalized spacial score (nSPS) is 12.7. The summed E-state index contributed by atoms with van der Waals surface area (Å²) in [6.45, 7) is 2.81. The van der Waals surface area contributed by atoms with E-state index in [-0.39, 0.29) is 11.1 Å². The second kappa shape index (κ2) is 5.50. The summed E-state index contributed by atoms with van der Waals surface area (Å²) in [5.74, 6) is 0.380. The molecule has 0 radical (unpaired) electrons. The van der Waals surface area contributed by atoms with E-state index in [1.807, 2.05) is 17.7 Å². The second-order valence-corrected chi connectivity index (χ2v) is 4.34. The first-order valence-corrected chi connectivity index (χ1v) is 6.19. The van der Waals surface area contributed by atoms with Crippen LogP contribution in [-0.2, 0) is 6.54 Å². The maximum atomic E-state index is 14.1. The molecule has 1 unspecified atom stereocenters. The van der Waals surface area contributed by atoms with E-state index in [2.05, 4.69) is 10.3 Å². The maximum absolute atomic E-state index is 14.1. The van der Waals surface area contributed by atoms with Crippen molar-refractivity contribution in [3.05, 3.63) is 52.8 Å². The molecule has 0 aliphatic carbocycles. The molecule has 0 saturated carbocycles. The van der Waals surface area contributed by atoms with Crippen LogP contribution in [0.5, 0.6) is 0 Å². The highest BCUT2D eigenvalue weighted by molar-refractivity contribution is 6.30. The molecule has 5 heteroatoms. The molecular formula is C13H15ClFN3. The lowest BCUT2D eigenvalue weighted by atomic mass is 10.1. The van der Waals surface area contributed by atoms with Gasteiger partial charge in [-0.05, 0) is 20.0 Å². The highest BCUT2D eigenvalue weighted by atomic mass is 35.5. The van der Waals surface area contributed by atoms with Crippen LogP contribution >= 0.6 is 11.6 Å². The van der Waals surface area contributed by atoms with E-state index in [4.69, 9.17) is 11.6 Å². The summed E-state index contributed by atoms with van der Waals surface area (Å²) in [5, 5.41) is 3.21. The molecule has 1 aromatic carbocycles. The smallest absolute Gasteiger partial charge is 0.147 e. The molecule has 0 fully saturated rings. The Hall–Kier alpha value is -1.39. The monoisotopic (exact) mass is 267 g/mol. The fourth-order valence-electron chi connectivity index (χ4n) is 2.02. The van der Waals surface area contributed by atoms with Gasteiger partial charge in [0.15, 0.2) is 0 Å². The number of aromatic nitrogens is 2. The number of rotatable bonds is 4. The number of nitrogens with zero attached hydrogens (tertiary/aromatic N) is 2. The molecule has 0 aliphatic heterocycles. The fourth-order valence-corrected chi connectivity index (χ4v) is 2.20. The van der Waals surface area contributed by atoms with Crippen LogP contribution in [0.15, 0.2) is 30.6 Å². The third kappa shape index (κ3) is 2.26. The highest BCUT2D eigenvalue weighted by Gasteiger charge is 2.21. The van der Waals surface area contributed by atoms with Crippen molar-refractivity contribution >= 4 is 11.6 Å². The van der Waals surface area contributed by atoms with Gasteiger partial charge in [-0.3, -0.25) is 0 Å². The minimum Gasteiger partial charge on any atom is -0.334 e. The van der Waals surface area contributed by atoms with Gasteiger partial charge in [0.05, 0.1) is 11.1 Å². The Balaban J connectivity index is 2.49. The summed E-state index contributed by atoms with van der Waals surface area (Å²) < 4.78 is 16.0. The summed E-state index contributed by atoms with van der Waals surface area (Å²) >= 11 is 5.82. The first kappa shape index (κ1) is 13.1. The number of imidazole rings is 1. The second-order valence-electron chi connectivity index (χ2n) is 3.94. The van der Waals surface area contributed by atoms with E-state index in [0.29, 0.717) is 5.56 Å². The van der Waals surface area contributed by atoms with E-state index in [1.165, 1.54) is 0 Å². The molecule has 2 aromatic rings. The van der Waals surface area contributed by atoms with Gasteiger partial charge in [0.25, 0.3) is 0 Å². The first-order valence-electron chi connectivity index (χ1n) is 5.81. The molecule has 1 N–H and O–H groups in total. The topological polar surface area (TPSA) is 29.9 Å². The fraction of sp³-hybridized carbons (Fsp3) is 0.308. The van der Waals surface area contributed by atoms with E-state index in [0.717, 1.165) is 12.4 Å². The molecule has 1 aromatic heterocycles. The maximum Gasteiger partial charge on any atom is 0.147 e.